The Morgan fingerprint density at radius 1 is 0.822 bits per heavy atom. The number of Topliss-reactive ketones (excluding diaryl/α,β-unsaturated/α-hetero) is 1. The van der Waals surface area contributed by atoms with Crippen LogP contribution in [0.15, 0.2) is 0 Å². The van der Waals surface area contributed by atoms with Gasteiger partial charge in [0.1, 0.15) is 18.1 Å². The first-order valence-corrected chi connectivity index (χ1v) is 16.1. The maximum atomic E-state index is 14.2. The third-order valence-corrected chi connectivity index (χ3v) is 8.41. The predicted octanol–water partition coefficient (Wildman–Crippen LogP) is 2.92. The summed E-state index contributed by atoms with van der Waals surface area (Å²) < 4.78 is 5.51. The van der Waals surface area contributed by atoms with E-state index in [0.29, 0.717) is 12.8 Å². The van der Waals surface area contributed by atoms with Crippen LogP contribution in [0.25, 0.3) is 0 Å². The van der Waals surface area contributed by atoms with Crippen molar-refractivity contribution in [1.29, 1.82) is 0 Å². The molecule has 1 aliphatic carbocycles. The van der Waals surface area contributed by atoms with Crippen molar-refractivity contribution in [3.63, 3.8) is 0 Å². The molecule has 5 atom stereocenters. The highest BCUT2D eigenvalue weighted by molar-refractivity contribution is 6.37. The number of carbonyl (C=O) groups is 6. The van der Waals surface area contributed by atoms with Crippen molar-refractivity contribution in [2.45, 2.75) is 126 Å². The Morgan fingerprint density at radius 2 is 1.36 bits per heavy atom. The second kappa shape index (κ2) is 14.5. The second-order valence-electron chi connectivity index (χ2n) is 16.5. The molecular weight excluding hydrogens is 578 g/mol. The molecule has 1 unspecified atom stereocenters. The van der Waals surface area contributed by atoms with Crippen LogP contribution in [0.4, 0.5) is 4.79 Å². The Hall–Kier alpha value is -3.18. The third-order valence-electron chi connectivity index (χ3n) is 8.41. The van der Waals surface area contributed by atoms with Crippen LogP contribution in [-0.2, 0) is 28.7 Å². The van der Waals surface area contributed by atoms with Gasteiger partial charge in [-0.05, 0) is 46.8 Å². The molecule has 1 saturated heterocycles. The maximum Gasteiger partial charge on any atom is 0.329 e. The van der Waals surface area contributed by atoms with E-state index >= 15 is 0 Å². The molecule has 12 heteroatoms. The van der Waals surface area contributed by atoms with Crippen LogP contribution >= 0.6 is 0 Å². The number of likely N-dealkylation sites (tertiary alicyclic amines) is 1. The molecule has 0 aromatic rings. The van der Waals surface area contributed by atoms with Crippen LogP contribution < -0.4 is 21.7 Å². The van der Waals surface area contributed by atoms with Crippen molar-refractivity contribution in [3.05, 3.63) is 0 Å². The molecule has 0 aromatic heterocycles. The van der Waals surface area contributed by atoms with E-state index in [1.807, 2.05) is 55.4 Å². The largest absolute Gasteiger partial charge is 0.464 e. The van der Waals surface area contributed by atoms with Crippen molar-refractivity contribution < 1.29 is 33.5 Å². The van der Waals surface area contributed by atoms with Crippen LogP contribution in [0, 0.1) is 34.0 Å². The molecule has 0 radical (unpaired) electrons. The average molecular weight is 636 g/mol. The van der Waals surface area contributed by atoms with Gasteiger partial charge in [0, 0.05) is 6.54 Å². The lowest BCUT2D eigenvalue weighted by atomic mass is 9.84. The summed E-state index contributed by atoms with van der Waals surface area (Å²) in [4.78, 5) is 80.3. The van der Waals surface area contributed by atoms with Gasteiger partial charge in [0.25, 0.3) is 5.91 Å². The molecule has 0 aromatic carbocycles. The third kappa shape index (κ3) is 11.0. The van der Waals surface area contributed by atoms with E-state index in [1.165, 1.54) is 4.90 Å². The van der Waals surface area contributed by atoms with Gasteiger partial charge in [0.2, 0.25) is 17.6 Å². The zero-order chi connectivity index (χ0) is 34.7. The number of rotatable bonds is 12. The van der Waals surface area contributed by atoms with Crippen molar-refractivity contribution >= 4 is 35.5 Å². The normalized spacial score (nSPS) is 21.0. The number of urea groups is 1. The van der Waals surface area contributed by atoms with Gasteiger partial charge >= 0.3 is 12.0 Å². The Balaban J connectivity index is 2.31. The van der Waals surface area contributed by atoms with Crippen LogP contribution in [0.2, 0.25) is 0 Å². The first-order valence-electron chi connectivity index (χ1n) is 16.1. The molecule has 0 spiro atoms. The van der Waals surface area contributed by atoms with Crippen LogP contribution in [0.1, 0.15) is 102 Å². The van der Waals surface area contributed by atoms with Crippen LogP contribution in [-0.4, -0.2) is 77.7 Å². The lowest BCUT2D eigenvalue weighted by Gasteiger charge is -2.37. The standard InChI is InChI=1S/C33H57N5O7/c1-18(2)20-14-15-38(22(20)27(41)35-21(16-19-12-13-19)23(39)26(34)40)28(42)24(32(6,7)8)36-30(44)37-25(33(9,10)11)29(43)45-17-31(3,4)5/h18-22,24-25H,12-17H2,1-11H3,(H2,34,40)(H,35,41)(H2,36,37,44)/t20-,21?,22+,24-,25-/m1/s1. The SMILES string of the molecule is CC(C)[C@H]1CCN(C(=O)[C@@H](NC(=O)N[C@H](C(=O)OCC(C)(C)C)C(C)(C)C)C(C)(C)C)[C@@H]1C(=O)NC(CC1CC1)C(=O)C(N)=O. The van der Waals surface area contributed by atoms with Crippen LogP contribution in [0.3, 0.4) is 0 Å². The first kappa shape index (κ1) is 38.0. The van der Waals surface area contributed by atoms with E-state index < -0.39 is 70.5 Å². The minimum Gasteiger partial charge on any atom is -0.464 e. The number of ether oxygens (including phenoxy) is 1. The highest BCUT2D eigenvalue weighted by Gasteiger charge is 2.48. The highest BCUT2D eigenvalue weighted by Crippen LogP contribution is 2.35. The topological polar surface area (TPSA) is 177 Å². The number of ketones is 1. The Kier molecular flexibility index (Phi) is 12.2. The molecule has 1 saturated carbocycles. The van der Waals surface area contributed by atoms with Gasteiger partial charge in [-0.15, -0.1) is 0 Å². The minimum atomic E-state index is -1.11. The summed E-state index contributed by atoms with van der Waals surface area (Å²) in [6, 6.07) is -4.73. The van der Waals surface area contributed by atoms with Crippen LogP contribution in [0.5, 0.6) is 0 Å². The number of nitrogens with two attached hydrogens (primary N) is 1. The number of nitrogens with one attached hydrogen (secondary N) is 3. The van der Waals surface area contributed by atoms with E-state index in [1.54, 1.807) is 20.8 Å². The maximum absolute atomic E-state index is 14.2. The van der Waals surface area contributed by atoms with Gasteiger partial charge in [0.15, 0.2) is 0 Å². The summed E-state index contributed by atoms with van der Waals surface area (Å²) in [6.07, 6.45) is 2.69. The highest BCUT2D eigenvalue weighted by atomic mass is 16.5. The lowest BCUT2D eigenvalue weighted by molar-refractivity contribution is -0.151. The summed E-state index contributed by atoms with van der Waals surface area (Å²) in [5.41, 5.74) is 3.56. The number of carbonyl (C=O) groups excluding carboxylic acids is 6. The van der Waals surface area contributed by atoms with Crippen molar-refractivity contribution in [3.8, 4) is 0 Å². The monoisotopic (exact) mass is 635 g/mol. The zero-order valence-electron chi connectivity index (χ0n) is 29.2. The quantitative estimate of drug-likeness (QED) is 0.188. The van der Waals surface area contributed by atoms with Crippen molar-refractivity contribution in [2.24, 2.45) is 39.7 Å². The minimum absolute atomic E-state index is 0.0308. The Morgan fingerprint density at radius 3 is 1.80 bits per heavy atom. The molecule has 12 nitrogen and oxygen atoms in total. The fourth-order valence-corrected chi connectivity index (χ4v) is 5.56. The van der Waals surface area contributed by atoms with Gasteiger partial charge in [0.05, 0.1) is 12.6 Å². The van der Waals surface area contributed by atoms with E-state index in [9.17, 15) is 28.8 Å². The van der Waals surface area contributed by atoms with Gasteiger partial charge < -0.3 is 31.3 Å². The van der Waals surface area contributed by atoms with E-state index in [0.717, 1.165) is 12.8 Å². The molecule has 1 aliphatic heterocycles. The molecule has 5 amide bonds. The number of hydrogen-bond donors (Lipinski definition) is 4. The Labute approximate surface area is 268 Å². The molecule has 45 heavy (non-hydrogen) atoms. The first-order chi connectivity index (χ1) is 20.4. The fourth-order valence-electron chi connectivity index (χ4n) is 5.56. The fraction of sp³-hybridized carbons (Fsp3) is 0.818. The number of primary amides is 1. The zero-order valence-corrected chi connectivity index (χ0v) is 29.2. The predicted molar refractivity (Wildman–Crippen MR) is 170 cm³/mol. The summed E-state index contributed by atoms with van der Waals surface area (Å²) in [5.74, 6) is -3.47. The number of esters is 1. The molecule has 2 rings (SSSR count). The number of nitrogens with zero attached hydrogens (tertiary/aromatic N) is 1. The summed E-state index contributed by atoms with van der Waals surface area (Å²) in [5, 5.41) is 8.24. The van der Waals surface area contributed by atoms with Gasteiger partial charge in [-0.2, -0.15) is 0 Å². The van der Waals surface area contributed by atoms with Crippen molar-refractivity contribution in [2.75, 3.05) is 13.2 Å². The molecule has 2 aliphatic rings. The van der Waals surface area contributed by atoms with E-state index in [2.05, 4.69) is 16.0 Å². The van der Waals surface area contributed by atoms with E-state index in [4.69, 9.17) is 10.5 Å². The van der Waals surface area contributed by atoms with Crippen molar-refractivity contribution in [1.82, 2.24) is 20.9 Å². The molecule has 256 valence electrons. The molecule has 0 bridgehead atoms. The molecular formula is C33H57N5O7. The van der Waals surface area contributed by atoms with Gasteiger partial charge in [-0.1, -0.05) is 89.0 Å². The van der Waals surface area contributed by atoms with E-state index in [-0.39, 0.29) is 36.3 Å². The average Bonchev–Trinajstić information content (AvgIpc) is 3.58. The number of amides is 5. The molecule has 1 heterocycles. The molecule has 2 fully saturated rings. The molecule has 5 N–H and O–H groups in total. The summed E-state index contributed by atoms with van der Waals surface area (Å²) >= 11 is 0. The van der Waals surface area contributed by atoms with Gasteiger partial charge in [-0.25, -0.2) is 9.59 Å². The second-order valence-corrected chi connectivity index (χ2v) is 16.5. The summed E-state index contributed by atoms with van der Waals surface area (Å²) in [7, 11) is 0. The van der Waals surface area contributed by atoms with Gasteiger partial charge in [-0.3, -0.25) is 19.2 Å². The number of hydrogen-bond acceptors (Lipinski definition) is 7. The lowest BCUT2D eigenvalue weighted by Crippen LogP contribution is -2.62. The smallest absolute Gasteiger partial charge is 0.329 e. The Bertz CT molecular complexity index is 1130. The summed E-state index contributed by atoms with van der Waals surface area (Å²) in [6.45, 7) is 21.0.